The topological polar surface area (TPSA) is 26.3 Å². The molecule has 0 saturated carbocycles. The van der Waals surface area contributed by atoms with Crippen LogP contribution in [0.15, 0.2) is 48.5 Å². The number of aldehydes is 1. The highest BCUT2D eigenvalue weighted by Crippen LogP contribution is 2.33. The summed E-state index contributed by atoms with van der Waals surface area (Å²) in [5.74, 6) is 0.251. The van der Waals surface area contributed by atoms with Crippen LogP contribution in [0.3, 0.4) is 0 Å². The molecule has 0 saturated heterocycles. The molecule has 0 bridgehead atoms. The Balaban J connectivity index is 2.31. The van der Waals surface area contributed by atoms with Crippen LogP contribution in [0.25, 0.3) is 0 Å². The quantitative estimate of drug-likeness (QED) is 0.774. The predicted molar refractivity (Wildman–Crippen MR) is 63.3 cm³/mol. The fourth-order valence-electron chi connectivity index (χ4n) is 1.53. The fourth-order valence-corrected chi connectivity index (χ4v) is 1.53. The predicted octanol–water partition coefficient (Wildman–Crippen LogP) is 4.31. The highest BCUT2D eigenvalue weighted by atomic mass is 19.4. The van der Waals surface area contributed by atoms with Crippen molar-refractivity contribution < 1.29 is 22.7 Å². The number of ether oxygens (including phenoxy) is 1. The Labute approximate surface area is 107 Å². The Bertz CT molecular complexity index is 591. The van der Waals surface area contributed by atoms with E-state index in [0.717, 1.165) is 12.1 Å². The van der Waals surface area contributed by atoms with Gasteiger partial charge in [0, 0.05) is 0 Å². The lowest BCUT2D eigenvalue weighted by Crippen LogP contribution is -2.04. The van der Waals surface area contributed by atoms with Gasteiger partial charge in [-0.3, -0.25) is 4.79 Å². The van der Waals surface area contributed by atoms with Gasteiger partial charge in [-0.15, -0.1) is 0 Å². The zero-order valence-corrected chi connectivity index (χ0v) is 9.65. The summed E-state index contributed by atoms with van der Waals surface area (Å²) in [4.78, 5) is 10.8. The van der Waals surface area contributed by atoms with Gasteiger partial charge in [-0.25, -0.2) is 0 Å². The molecular weight excluding hydrogens is 257 g/mol. The molecular formula is C14H9F3O2. The molecule has 0 radical (unpaired) electrons. The molecule has 0 amide bonds. The maximum Gasteiger partial charge on any atom is 0.416 e. The third-order valence-electron chi connectivity index (χ3n) is 2.44. The minimum atomic E-state index is -4.43. The lowest BCUT2D eigenvalue weighted by molar-refractivity contribution is -0.137. The molecule has 0 aliphatic heterocycles. The SMILES string of the molecule is O=Cc1ccccc1Oc1cccc(C(F)(F)F)c1. The molecule has 98 valence electrons. The molecule has 0 heterocycles. The van der Waals surface area contributed by atoms with E-state index >= 15 is 0 Å². The summed E-state index contributed by atoms with van der Waals surface area (Å²) < 4.78 is 42.9. The molecule has 2 aromatic carbocycles. The Hall–Kier alpha value is -2.30. The van der Waals surface area contributed by atoms with Crippen molar-refractivity contribution >= 4 is 6.29 Å². The van der Waals surface area contributed by atoms with Crippen molar-refractivity contribution in [1.82, 2.24) is 0 Å². The molecule has 0 aromatic heterocycles. The van der Waals surface area contributed by atoms with E-state index in [4.69, 9.17) is 4.74 Å². The van der Waals surface area contributed by atoms with Gasteiger partial charge < -0.3 is 4.74 Å². The molecule has 0 fully saturated rings. The van der Waals surface area contributed by atoms with Gasteiger partial charge in [-0.1, -0.05) is 18.2 Å². The van der Waals surface area contributed by atoms with Crippen LogP contribution < -0.4 is 4.74 Å². The summed E-state index contributed by atoms with van der Waals surface area (Å²) in [5.41, 5.74) is -0.520. The zero-order valence-electron chi connectivity index (χ0n) is 9.65. The second-order valence-corrected chi connectivity index (χ2v) is 3.78. The summed E-state index contributed by atoms with van der Waals surface area (Å²) in [6, 6.07) is 10.8. The van der Waals surface area contributed by atoms with Gasteiger partial charge in [0.15, 0.2) is 6.29 Å². The van der Waals surface area contributed by atoms with Crippen molar-refractivity contribution in [3.05, 3.63) is 59.7 Å². The smallest absolute Gasteiger partial charge is 0.416 e. The molecule has 0 aliphatic rings. The maximum atomic E-state index is 12.5. The fraction of sp³-hybridized carbons (Fsp3) is 0.0714. The average Bonchev–Trinajstić information content (AvgIpc) is 2.39. The Morgan fingerprint density at radius 1 is 1.00 bits per heavy atom. The van der Waals surface area contributed by atoms with E-state index < -0.39 is 11.7 Å². The number of hydrogen-bond donors (Lipinski definition) is 0. The monoisotopic (exact) mass is 266 g/mol. The molecule has 0 atom stereocenters. The van der Waals surface area contributed by atoms with E-state index in [2.05, 4.69) is 0 Å². The second kappa shape index (κ2) is 5.14. The molecule has 2 nitrogen and oxygen atoms in total. The zero-order chi connectivity index (χ0) is 13.9. The van der Waals surface area contributed by atoms with Crippen LogP contribution in [0.4, 0.5) is 13.2 Å². The summed E-state index contributed by atoms with van der Waals surface area (Å²) in [6.07, 6.45) is -3.84. The summed E-state index contributed by atoms with van der Waals surface area (Å²) >= 11 is 0. The third-order valence-corrected chi connectivity index (χ3v) is 2.44. The number of carbonyl (C=O) groups excluding carboxylic acids is 1. The first-order valence-electron chi connectivity index (χ1n) is 5.40. The Morgan fingerprint density at radius 3 is 2.42 bits per heavy atom. The largest absolute Gasteiger partial charge is 0.457 e. The first kappa shape index (κ1) is 13.1. The molecule has 0 aliphatic carbocycles. The van der Waals surface area contributed by atoms with E-state index in [1.165, 1.54) is 24.3 Å². The molecule has 0 spiro atoms. The van der Waals surface area contributed by atoms with Crippen LogP contribution in [0, 0.1) is 0 Å². The molecule has 0 N–H and O–H groups in total. The summed E-state index contributed by atoms with van der Waals surface area (Å²) in [5, 5.41) is 0. The highest BCUT2D eigenvalue weighted by molar-refractivity contribution is 5.79. The first-order valence-corrected chi connectivity index (χ1v) is 5.40. The van der Waals surface area contributed by atoms with Crippen LogP contribution in [0.2, 0.25) is 0 Å². The lowest BCUT2D eigenvalue weighted by Gasteiger charge is -2.10. The van der Waals surface area contributed by atoms with Crippen molar-refractivity contribution in [2.24, 2.45) is 0 Å². The normalized spacial score (nSPS) is 11.1. The van der Waals surface area contributed by atoms with Gasteiger partial charge in [0.1, 0.15) is 11.5 Å². The van der Waals surface area contributed by atoms with E-state index in [1.54, 1.807) is 12.1 Å². The van der Waals surface area contributed by atoms with Crippen LogP contribution in [0.1, 0.15) is 15.9 Å². The van der Waals surface area contributed by atoms with Crippen LogP contribution in [-0.4, -0.2) is 6.29 Å². The van der Waals surface area contributed by atoms with Crippen molar-refractivity contribution in [3.8, 4) is 11.5 Å². The van der Waals surface area contributed by atoms with E-state index in [-0.39, 0.29) is 17.1 Å². The number of alkyl halides is 3. The van der Waals surface area contributed by atoms with Gasteiger partial charge >= 0.3 is 6.18 Å². The van der Waals surface area contributed by atoms with Crippen LogP contribution in [-0.2, 0) is 6.18 Å². The average molecular weight is 266 g/mol. The first-order chi connectivity index (χ1) is 9.00. The van der Waals surface area contributed by atoms with Gasteiger partial charge in [0.2, 0.25) is 0 Å². The van der Waals surface area contributed by atoms with E-state index in [9.17, 15) is 18.0 Å². The van der Waals surface area contributed by atoms with Crippen molar-refractivity contribution in [1.29, 1.82) is 0 Å². The summed E-state index contributed by atoms with van der Waals surface area (Å²) in [7, 11) is 0. The summed E-state index contributed by atoms with van der Waals surface area (Å²) in [6.45, 7) is 0. The van der Waals surface area contributed by atoms with Crippen LogP contribution in [0.5, 0.6) is 11.5 Å². The number of hydrogen-bond acceptors (Lipinski definition) is 2. The number of halogens is 3. The molecule has 0 unspecified atom stereocenters. The molecule has 5 heteroatoms. The van der Waals surface area contributed by atoms with Gasteiger partial charge in [0.05, 0.1) is 11.1 Å². The maximum absolute atomic E-state index is 12.5. The number of carbonyl (C=O) groups is 1. The van der Waals surface area contributed by atoms with Crippen molar-refractivity contribution in [2.45, 2.75) is 6.18 Å². The Kier molecular flexibility index (Phi) is 3.55. The number of benzene rings is 2. The van der Waals surface area contributed by atoms with Gasteiger partial charge in [0.25, 0.3) is 0 Å². The molecule has 19 heavy (non-hydrogen) atoms. The van der Waals surface area contributed by atoms with E-state index in [0.29, 0.717) is 6.29 Å². The third kappa shape index (κ3) is 3.13. The Morgan fingerprint density at radius 2 is 1.74 bits per heavy atom. The van der Waals surface area contributed by atoms with Gasteiger partial charge in [-0.05, 0) is 30.3 Å². The van der Waals surface area contributed by atoms with Gasteiger partial charge in [-0.2, -0.15) is 13.2 Å². The minimum absolute atomic E-state index is 0.0316. The highest BCUT2D eigenvalue weighted by Gasteiger charge is 2.30. The standard InChI is InChI=1S/C14H9F3O2/c15-14(16,17)11-5-3-6-12(8-11)19-13-7-2-1-4-10(13)9-18/h1-9H. The molecule has 2 aromatic rings. The van der Waals surface area contributed by atoms with Crippen molar-refractivity contribution in [3.63, 3.8) is 0 Å². The number of rotatable bonds is 3. The van der Waals surface area contributed by atoms with E-state index in [1.807, 2.05) is 0 Å². The minimum Gasteiger partial charge on any atom is -0.457 e. The van der Waals surface area contributed by atoms with Crippen molar-refractivity contribution in [2.75, 3.05) is 0 Å². The lowest BCUT2D eigenvalue weighted by atomic mass is 10.2. The second-order valence-electron chi connectivity index (χ2n) is 3.78. The molecule has 2 rings (SSSR count). The van der Waals surface area contributed by atoms with Crippen LogP contribution >= 0.6 is 0 Å². The number of para-hydroxylation sites is 1.